The predicted molar refractivity (Wildman–Crippen MR) is 123 cm³/mol. The summed E-state index contributed by atoms with van der Waals surface area (Å²) in [5.74, 6) is -0.678. The van der Waals surface area contributed by atoms with Gasteiger partial charge in [-0.15, -0.1) is 22.7 Å². The summed E-state index contributed by atoms with van der Waals surface area (Å²) >= 11 is 14.3. The Kier molecular flexibility index (Phi) is 9.89. The van der Waals surface area contributed by atoms with Crippen LogP contribution in [0.25, 0.3) is 29.9 Å². The van der Waals surface area contributed by atoms with E-state index < -0.39 is 20.8 Å². The average Bonchev–Trinajstić information content (AvgIpc) is 3.12. The van der Waals surface area contributed by atoms with Crippen LogP contribution in [0, 0.1) is 13.8 Å². The molecule has 0 saturated heterocycles. The van der Waals surface area contributed by atoms with E-state index in [-0.39, 0.29) is 101 Å². The first-order chi connectivity index (χ1) is 14.7. The Hall–Kier alpha value is 0.360. The summed E-state index contributed by atoms with van der Waals surface area (Å²) in [6.07, 6.45) is 0. The first-order valence-electron chi connectivity index (χ1n) is 8.50. The molecule has 0 atom stereocenters. The third kappa shape index (κ3) is 6.43. The fraction of sp³-hybridized carbons (Fsp3) is 0.111. The van der Waals surface area contributed by atoms with Crippen LogP contribution in [-0.4, -0.2) is 25.9 Å². The summed E-state index contributed by atoms with van der Waals surface area (Å²) in [6, 6.07) is 6.11. The van der Waals surface area contributed by atoms with Gasteiger partial charge in [-0.25, -0.2) is 16.8 Å². The Morgan fingerprint density at radius 3 is 1.32 bits per heavy atom. The number of thiophene rings is 2. The molecule has 0 saturated carbocycles. The molecule has 4 aromatic rings. The first-order valence-corrected chi connectivity index (χ1v) is 13.6. The minimum absolute atomic E-state index is 0. The Morgan fingerprint density at radius 1 is 0.706 bits per heavy atom. The van der Waals surface area contributed by atoms with Gasteiger partial charge in [0.05, 0.1) is 9.75 Å². The summed E-state index contributed by atoms with van der Waals surface area (Å²) in [6.45, 7) is 3.44. The summed E-state index contributed by atoms with van der Waals surface area (Å²) in [5.41, 5.74) is 1.33. The van der Waals surface area contributed by atoms with Crippen LogP contribution in [0.15, 0.2) is 24.3 Å². The maximum Gasteiger partial charge on any atom is 1.00 e. The van der Waals surface area contributed by atoms with E-state index in [4.69, 9.17) is 31.6 Å². The quantitative estimate of drug-likeness (QED) is 0.169. The zero-order valence-corrected chi connectivity index (χ0v) is 26.7. The molecule has 0 aliphatic heterocycles. The van der Waals surface area contributed by atoms with Crippen molar-refractivity contribution < 1.29 is 93.4 Å². The van der Waals surface area contributed by atoms with Gasteiger partial charge in [0.25, 0.3) is 20.8 Å². The van der Waals surface area contributed by atoms with Gasteiger partial charge >= 0.3 is 59.1 Å². The van der Waals surface area contributed by atoms with Crippen LogP contribution in [0.2, 0.25) is 10.0 Å². The smallest absolute Gasteiger partial charge is 0.716 e. The molecule has 16 heteroatoms. The van der Waals surface area contributed by atoms with Crippen LogP contribution in [0.5, 0.6) is 11.5 Å². The number of hydrogen-bond donors (Lipinski definition) is 0. The van der Waals surface area contributed by atoms with Crippen molar-refractivity contribution in [3.05, 3.63) is 45.4 Å². The van der Waals surface area contributed by atoms with Crippen molar-refractivity contribution in [1.82, 2.24) is 0 Å². The minimum Gasteiger partial charge on any atom is -0.716 e. The van der Waals surface area contributed by atoms with Gasteiger partial charge in [0, 0.05) is 30.2 Å². The van der Waals surface area contributed by atoms with E-state index in [0.29, 0.717) is 20.5 Å². The molecule has 8 nitrogen and oxygen atoms in total. The molecular formula is C18H10Cl2Na2O8S4. The zero-order valence-electron chi connectivity index (χ0n) is 18.0. The second-order valence-electron chi connectivity index (χ2n) is 6.70. The molecule has 0 aliphatic rings. The van der Waals surface area contributed by atoms with Crippen LogP contribution in [-0.2, 0) is 20.8 Å². The molecule has 2 heterocycles. The van der Waals surface area contributed by atoms with Gasteiger partial charge in [-0.1, -0.05) is 23.2 Å². The molecule has 0 aliphatic carbocycles. The topological polar surface area (TPSA) is 133 Å². The van der Waals surface area contributed by atoms with Crippen molar-refractivity contribution >= 4 is 86.8 Å². The van der Waals surface area contributed by atoms with Gasteiger partial charge in [-0.05, 0) is 49.2 Å². The first kappa shape index (κ1) is 30.6. The summed E-state index contributed by atoms with van der Waals surface area (Å²) in [4.78, 5) is 0.167. The molecule has 2 aromatic carbocycles. The van der Waals surface area contributed by atoms with Crippen molar-refractivity contribution in [3.8, 4) is 21.3 Å². The third-order valence-corrected chi connectivity index (χ3v) is 8.35. The Bertz CT molecular complexity index is 1510. The van der Waals surface area contributed by atoms with Crippen LogP contribution in [0.1, 0.15) is 11.1 Å². The second kappa shape index (κ2) is 11.0. The summed E-state index contributed by atoms with van der Waals surface area (Å²) < 4.78 is 79.5. The van der Waals surface area contributed by atoms with Gasteiger partial charge in [0.15, 0.2) is 11.5 Å². The standard InChI is InChI=1S/C18H12Cl2O8S4.2Na/c1-7-3-9(19)5-11-13(27-31(21,22)23)17(29-15(7)11)18-14(28-32(24,25)26)12-6-10(20)4-8(2)16(12)30-18;;/h3-6H,1-2H3,(H,21,22,23)(H,24,25,26);;/q;2*+1/p-2. The van der Waals surface area contributed by atoms with E-state index in [2.05, 4.69) is 0 Å². The van der Waals surface area contributed by atoms with Crippen molar-refractivity contribution in [3.63, 3.8) is 0 Å². The van der Waals surface area contributed by atoms with Gasteiger partial charge in [0.1, 0.15) is 0 Å². The molecule has 170 valence electrons. The van der Waals surface area contributed by atoms with E-state index in [1.807, 2.05) is 0 Å². The number of rotatable bonds is 5. The largest absolute Gasteiger partial charge is 1.00 e. The molecule has 0 amide bonds. The molecule has 0 fully saturated rings. The molecular weight excluding hydrogens is 589 g/mol. The number of aryl methyl sites for hydroxylation is 2. The van der Waals surface area contributed by atoms with E-state index >= 15 is 0 Å². The maximum atomic E-state index is 11.5. The van der Waals surface area contributed by atoms with Gasteiger partial charge in [-0.3, -0.25) is 0 Å². The molecule has 0 unspecified atom stereocenters. The van der Waals surface area contributed by atoms with Gasteiger partial charge < -0.3 is 17.5 Å². The number of halogens is 2. The predicted octanol–water partition coefficient (Wildman–Crippen LogP) is -0.607. The molecule has 0 spiro atoms. The maximum absolute atomic E-state index is 11.5. The number of hydrogen-bond acceptors (Lipinski definition) is 10. The van der Waals surface area contributed by atoms with E-state index in [0.717, 1.165) is 22.7 Å². The Morgan fingerprint density at radius 2 is 1.03 bits per heavy atom. The molecule has 0 radical (unpaired) electrons. The van der Waals surface area contributed by atoms with Crippen LogP contribution >= 0.6 is 45.9 Å². The molecule has 4 rings (SSSR count). The normalized spacial score (nSPS) is 11.8. The van der Waals surface area contributed by atoms with Gasteiger partial charge in [-0.2, -0.15) is 0 Å². The fourth-order valence-corrected chi connectivity index (χ4v) is 7.16. The SMILES string of the molecule is Cc1cc(Cl)cc2c(OS(=O)(=O)[O-])c(-c3sc4c(C)cc(Cl)cc4c3OS(=O)(=O)[O-])sc12.[Na+].[Na+]. The molecule has 0 N–H and O–H groups in total. The number of fused-ring (bicyclic) bond motifs is 2. The zero-order chi connectivity index (χ0) is 23.6. The van der Waals surface area contributed by atoms with Crippen molar-refractivity contribution in [2.75, 3.05) is 0 Å². The molecule has 0 bridgehead atoms. The fourth-order valence-electron chi connectivity index (χ4n) is 3.28. The Balaban J connectivity index is 0.00000204. The van der Waals surface area contributed by atoms with Crippen molar-refractivity contribution in [1.29, 1.82) is 0 Å². The van der Waals surface area contributed by atoms with Gasteiger partial charge in [0.2, 0.25) is 0 Å². The van der Waals surface area contributed by atoms with E-state index in [1.54, 1.807) is 26.0 Å². The third-order valence-electron chi connectivity index (χ3n) is 4.37. The number of benzene rings is 2. The summed E-state index contributed by atoms with van der Waals surface area (Å²) in [7, 11) is -10.4. The Labute approximate surface area is 257 Å². The van der Waals surface area contributed by atoms with E-state index in [1.165, 1.54) is 12.1 Å². The van der Waals surface area contributed by atoms with Crippen LogP contribution in [0.4, 0.5) is 0 Å². The second-order valence-corrected chi connectivity index (χ2v) is 11.6. The molecule has 34 heavy (non-hydrogen) atoms. The van der Waals surface area contributed by atoms with Crippen LogP contribution < -0.4 is 67.5 Å². The molecule has 2 aromatic heterocycles. The average molecular weight is 599 g/mol. The summed E-state index contributed by atoms with van der Waals surface area (Å²) in [5, 5.41) is 1.00. The van der Waals surface area contributed by atoms with Crippen LogP contribution in [0.3, 0.4) is 0 Å². The van der Waals surface area contributed by atoms with Crippen molar-refractivity contribution in [2.45, 2.75) is 13.8 Å². The van der Waals surface area contributed by atoms with E-state index in [9.17, 15) is 25.9 Å². The monoisotopic (exact) mass is 598 g/mol. The minimum atomic E-state index is -5.21. The van der Waals surface area contributed by atoms with Crippen molar-refractivity contribution in [2.24, 2.45) is 0 Å².